The Morgan fingerprint density at radius 1 is 1.64 bits per heavy atom. The van der Waals surface area contributed by atoms with E-state index in [1.165, 1.54) is 0 Å². The van der Waals surface area contributed by atoms with Crippen LogP contribution >= 0.6 is 0 Å². The van der Waals surface area contributed by atoms with Gasteiger partial charge in [0, 0.05) is 25.7 Å². The fourth-order valence-corrected chi connectivity index (χ4v) is 1.68. The molecule has 0 aromatic rings. The zero-order valence-corrected chi connectivity index (χ0v) is 9.08. The highest BCUT2D eigenvalue weighted by molar-refractivity contribution is 5.76. The molecule has 1 fully saturated rings. The van der Waals surface area contributed by atoms with Crippen molar-refractivity contribution in [2.24, 2.45) is 0 Å². The smallest absolute Gasteiger partial charge is 0.224 e. The average Bonchev–Trinajstić information content (AvgIpc) is 2.66. The number of nitrogens with one attached hydrogen (secondary N) is 1. The minimum atomic E-state index is 0.219. The monoisotopic (exact) mass is 200 g/mol. The van der Waals surface area contributed by atoms with E-state index in [0.29, 0.717) is 25.7 Å². The number of likely N-dealkylation sites (tertiary alicyclic amines) is 1. The van der Waals surface area contributed by atoms with E-state index in [0.717, 1.165) is 19.5 Å². The molecule has 0 aliphatic carbocycles. The second kappa shape index (κ2) is 5.98. The lowest BCUT2D eigenvalue weighted by Gasteiger charge is -2.16. The molecule has 4 heteroatoms. The van der Waals surface area contributed by atoms with Crippen LogP contribution in [0.2, 0.25) is 0 Å². The Morgan fingerprint density at radius 2 is 2.43 bits per heavy atom. The summed E-state index contributed by atoms with van der Waals surface area (Å²) >= 11 is 0. The number of carbonyl (C=O) groups excluding carboxylic acids is 1. The van der Waals surface area contributed by atoms with Gasteiger partial charge >= 0.3 is 0 Å². The number of amides is 1. The number of hydrogen-bond donors (Lipinski definition) is 1. The Labute approximate surface area is 85.6 Å². The van der Waals surface area contributed by atoms with Crippen molar-refractivity contribution < 1.29 is 9.53 Å². The number of carbonyl (C=O) groups is 1. The van der Waals surface area contributed by atoms with E-state index in [2.05, 4.69) is 5.32 Å². The topological polar surface area (TPSA) is 41.6 Å². The molecular weight excluding hydrogens is 180 g/mol. The van der Waals surface area contributed by atoms with E-state index in [1.807, 2.05) is 18.9 Å². The molecule has 1 rings (SSSR count). The molecule has 1 saturated heterocycles. The zero-order chi connectivity index (χ0) is 10.4. The van der Waals surface area contributed by atoms with Crippen molar-refractivity contribution in [2.45, 2.75) is 25.8 Å². The Balaban J connectivity index is 2.18. The summed E-state index contributed by atoms with van der Waals surface area (Å²) in [5, 5.41) is 3.19. The number of nitrogens with zero attached hydrogens (tertiary/aromatic N) is 1. The zero-order valence-electron chi connectivity index (χ0n) is 9.08. The third-order valence-corrected chi connectivity index (χ3v) is 2.61. The van der Waals surface area contributed by atoms with Gasteiger partial charge in [-0.1, -0.05) is 0 Å². The first-order chi connectivity index (χ1) is 6.77. The predicted octanol–water partition coefficient (Wildman–Crippen LogP) is 0.233. The van der Waals surface area contributed by atoms with Gasteiger partial charge in [0.15, 0.2) is 0 Å². The fraction of sp³-hybridized carbons (Fsp3) is 0.900. The summed E-state index contributed by atoms with van der Waals surface area (Å²) in [4.78, 5) is 13.5. The highest BCUT2D eigenvalue weighted by Gasteiger charge is 2.24. The standard InChI is InChI=1S/C10H20N2O2/c1-3-14-7-5-10(13)12-6-4-9(8-12)11-2/h9,11H,3-8H2,1-2H3. The number of hydrogen-bond acceptors (Lipinski definition) is 3. The maximum Gasteiger partial charge on any atom is 0.224 e. The third-order valence-electron chi connectivity index (χ3n) is 2.61. The van der Waals surface area contributed by atoms with Crippen LogP contribution < -0.4 is 5.32 Å². The maximum absolute atomic E-state index is 11.6. The van der Waals surface area contributed by atoms with Crippen molar-refractivity contribution in [3.8, 4) is 0 Å². The van der Waals surface area contributed by atoms with Crippen LogP contribution in [0, 0.1) is 0 Å². The van der Waals surface area contributed by atoms with E-state index in [1.54, 1.807) is 0 Å². The van der Waals surface area contributed by atoms with Gasteiger partial charge in [0.05, 0.1) is 13.0 Å². The van der Waals surface area contributed by atoms with E-state index in [9.17, 15) is 4.79 Å². The summed E-state index contributed by atoms with van der Waals surface area (Å²) < 4.78 is 5.15. The second-order valence-electron chi connectivity index (χ2n) is 3.56. The van der Waals surface area contributed by atoms with E-state index in [4.69, 9.17) is 4.74 Å². The molecular formula is C10H20N2O2. The van der Waals surface area contributed by atoms with Crippen LogP contribution in [0.1, 0.15) is 19.8 Å². The van der Waals surface area contributed by atoms with Gasteiger partial charge in [-0.05, 0) is 20.4 Å². The molecule has 0 radical (unpaired) electrons. The molecule has 0 bridgehead atoms. The first-order valence-corrected chi connectivity index (χ1v) is 5.30. The molecule has 1 unspecified atom stereocenters. The van der Waals surface area contributed by atoms with Gasteiger partial charge in [-0.25, -0.2) is 0 Å². The van der Waals surface area contributed by atoms with Gasteiger partial charge in [-0.3, -0.25) is 4.79 Å². The Hall–Kier alpha value is -0.610. The minimum absolute atomic E-state index is 0.219. The molecule has 82 valence electrons. The first kappa shape index (κ1) is 11.5. The summed E-state index contributed by atoms with van der Waals surface area (Å²) in [5.41, 5.74) is 0. The largest absolute Gasteiger partial charge is 0.381 e. The van der Waals surface area contributed by atoms with Crippen molar-refractivity contribution in [3.05, 3.63) is 0 Å². The third kappa shape index (κ3) is 3.27. The first-order valence-electron chi connectivity index (χ1n) is 5.30. The van der Waals surface area contributed by atoms with Crippen molar-refractivity contribution >= 4 is 5.91 Å². The highest BCUT2D eigenvalue weighted by atomic mass is 16.5. The molecule has 1 heterocycles. The lowest BCUT2D eigenvalue weighted by molar-refractivity contribution is -0.131. The Morgan fingerprint density at radius 3 is 3.00 bits per heavy atom. The van der Waals surface area contributed by atoms with Crippen LogP contribution in [0.4, 0.5) is 0 Å². The predicted molar refractivity (Wildman–Crippen MR) is 55.2 cm³/mol. The van der Waals surface area contributed by atoms with Crippen LogP contribution in [-0.4, -0.2) is 50.2 Å². The van der Waals surface area contributed by atoms with Gasteiger partial charge in [-0.15, -0.1) is 0 Å². The summed E-state index contributed by atoms with van der Waals surface area (Å²) in [5.74, 6) is 0.219. The number of rotatable bonds is 5. The average molecular weight is 200 g/mol. The number of likely N-dealkylation sites (N-methyl/N-ethyl adjacent to an activating group) is 1. The molecule has 4 nitrogen and oxygen atoms in total. The van der Waals surface area contributed by atoms with Crippen molar-refractivity contribution in [1.82, 2.24) is 10.2 Å². The van der Waals surface area contributed by atoms with Crippen molar-refractivity contribution in [2.75, 3.05) is 33.4 Å². The van der Waals surface area contributed by atoms with Gasteiger partial charge in [0.2, 0.25) is 5.91 Å². The molecule has 0 aromatic heterocycles. The highest BCUT2D eigenvalue weighted by Crippen LogP contribution is 2.09. The summed E-state index contributed by atoms with van der Waals surface area (Å²) in [6.45, 7) is 4.91. The Bertz CT molecular complexity index is 185. The van der Waals surface area contributed by atoms with E-state index < -0.39 is 0 Å². The minimum Gasteiger partial charge on any atom is -0.381 e. The second-order valence-corrected chi connectivity index (χ2v) is 3.56. The van der Waals surface area contributed by atoms with Crippen LogP contribution in [0.5, 0.6) is 0 Å². The van der Waals surface area contributed by atoms with E-state index in [-0.39, 0.29) is 5.91 Å². The van der Waals surface area contributed by atoms with Gasteiger partial charge < -0.3 is 15.0 Å². The van der Waals surface area contributed by atoms with E-state index >= 15 is 0 Å². The quantitative estimate of drug-likeness (QED) is 0.646. The van der Waals surface area contributed by atoms with Gasteiger partial charge in [0.1, 0.15) is 0 Å². The lowest BCUT2D eigenvalue weighted by Crippen LogP contribution is -2.33. The van der Waals surface area contributed by atoms with Gasteiger partial charge in [-0.2, -0.15) is 0 Å². The fourth-order valence-electron chi connectivity index (χ4n) is 1.68. The molecule has 0 saturated carbocycles. The van der Waals surface area contributed by atoms with Crippen molar-refractivity contribution in [1.29, 1.82) is 0 Å². The normalized spacial score (nSPS) is 21.6. The molecule has 1 N–H and O–H groups in total. The molecule has 1 aliphatic rings. The van der Waals surface area contributed by atoms with Crippen LogP contribution in [0.15, 0.2) is 0 Å². The SMILES string of the molecule is CCOCCC(=O)N1CCC(NC)C1. The van der Waals surface area contributed by atoms with Gasteiger partial charge in [0.25, 0.3) is 0 Å². The molecule has 14 heavy (non-hydrogen) atoms. The molecule has 0 aromatic carbocycles. The lowest BCUT2D eigenvalue weighted by atomic mass is 10.3. The molecule has 1 aliphatic heterocycles. The van der Waals surface area contributed by atoms with Crippen molar-refractivity contribution in [3.63, 3.8) is 0 Å². The van der Waals surface area contributed by atoms with Crippen LogP contribution in [-0.2, 0) is 9.53 Å². The molecule has 1 amide bonds. The molecule has 0 spiro atoms. The Kier molecular flexibility index (Phi) is 4.90. The summed E-state index contributed by atoms with van der Waals surface area (Å²) in [6, 6.07) is 0.478. The number of ether oxygens (including phenoxy) is 1. The molecule has 1 atom stereocenters. The maximum atomic E-state index is 11.6. The summed E-state index contributed by atoms with van der Waals surface area (Å²) in [6.07, 6.45) is 1.58. The van der Waals surface area contributed by atoms with Crippen LogP contribution in [0.25, 0.3) is 0 Å². The van der Waals surface area contributed by atoms with Crippen LogP contribution in [0.3, 0.4) is 0 Å². The summed E-state index contributed by atoms with van der Waals surface area (Å²) in [7, 11) is 1.94.